The molecule has 0 fully saturated rings. The molecular weight excluding hydrogens is 348 g/mol. The molecule has 2 aromatic rings. The number of hydrogen-bond acceptors (Lipinski definition) is 6. The van der Waals surface area contributed by atoms with Crippen molar-refractivity contribution in [1.82, 2.24) is 10.1 Å². The minimum Gasteiger partial charge on any atom is -0.361 e. The van der Waals surface area contributed by atoms with E-state index < -0.39 is 11.8 Å². The summed E-state index contributed by atoms with van der Waals surface area (Å²) in [6.45, 7) is 3.54. The molecule has 0 aliphatic heterocycles. The van der Waals surface area contributed by atoms with Crippen LogP contribution in [0.2, 0.25) is 0 Å². The van der Waals surface area contributed by atoms with Crippen LogP contribution in [-0.4, -0.2) is 28.0 Å². The number of hydrogen-bond donors (Lipinski definition) is 1. The maximum atomic E-state index is 11.8. The van der Waals surface area contributed by atoms with Gasteiger partial charge in [-0.15, -0.1) is 11.3 Å². The first kappa shape index (κ1) is 14.7. The van der Waals surface area contributed by atoms with Gasteiger partial charge >= 0.3 is 11.8 Å². The number of primary amides is 1. The van der Waals surface area contributed by atoms with Crippen LogP contribution < -0.4 is 10.6 Å². The number of nitrogens with two attached hydrogens (primary N) is 1. The van der Waals surface area contributed by atoms with Gasteiger partial charge in [0.25, 0.3) is 0 Å². The van der Waals surface area contributed by atoms with E-state index in [-0.39, 0.29) is 6.04 Å². The number of aromatic nitrogens is 2. The van der Waals surface area contributed by atoms with Gasteiger partial charge in [0.15, 0.2) is 10.9 Å². The molecule has 0 aliphatic carbocycles. The summed E-state index contributed by atoms with van der Waals surface area (Å²) in [5.74, 6) is -1.34. The summed E-state index contributed by atoms with van der Waals surface area (Å²) < 4.78 is 5.62. The highest BCUT2D eigenvalue weighted by Crippen LogP contribution is 2.29. The van der Waals surface area contributed by atoms with Crippen LogP contribution in [0.3, 0.4) is 0 Å². The Labute approximate surface area is 126 Å². The van der Waals surface area contributed by atoms with Crippen LogP contribution in [0.25, 0.3) is 11.5 Å². The van der Waals surface area contributed by atoms with E-state index in [0.717, 1.165) is 0 Å². The molecule has 2 aromatic heterocycles. The summed E-state index contributed by atoms with van der Waals surface area (Å²) in [5.41, 5.74) is 5.58. The normalized spacial score (nSPS) is 10.8. The zero-order chi connectivity index (χ0) is 14.9. The van der Waals surface area contributed by atoms with E-state index in [0.29, 0.717) is 21.2 Å². The molecule has 0 aromatic carbocycles. The predicted molar refractivity (Wildman–Crippen MR) is 77.1 cm³/mol. The Kier molecular flexibility index (Phi) is 4.19. The Balaban J connectivity index is 2.34. The van der Waals surface area contributed by atoms with Crippen molar-refractivity contribution in [2.45, 2.75) is 19.9 Å². The Bertz CT molecular complexity index is 652. The highest BCUT2D eigenvalue weighted by molar-refractivity contribution is 9.10. The van der Waals surface area contributed by atoms with E-state index in [9.17, 15) is 9.59 Å². The number of rotatable bonds is 3. The lowest BCUT2D eigenvalue weighted by Gasteiger charge is -2.22. The van der Waals surface area contributed by atoms with Crippen LogP contribution >= 0.6 is 27.3 Å². The zero-order valence-electron chi connectivity index (χ0n) is 10.7. The second-order valence-corrected chi connectivity index (χ2v) is 5.81. The SMILES string of the molecule is CC(C)N(C(=O)C(N)=O)c1nc(-c2cc(Br)no2)cs1. The third-order valence-corrected chi connectivity index (χ3v) is 3.59. The van der Waals surface area contributed by atoms with Gasteiger partial charge in [0.1, 0.15) is 10.3 Å². The van der Waals surface area contributed by atoms with Crippen molar-refractivity contribution in [2.75, 3.05) is 4.90 Å². The van der Waals surface area contributed by atoms with Crippen LogP contribution in [0.5, 0.6) is 0 Å². The zero-order valence-corrected chi connectivity index (χ0v) is 13.1. The molecule has 20 heavy (non-hydrogen) atoms. The Morgan fingerprint density at radius 2 is 2.20 bits per heavy atom. The van der Waals surface area contributed by atoms with E-state index in [1.165, 1.54) is 16.2 Å². The smallest absolute Gasteiger partial charge is 0.318 e. The van der Waals surface area contributed by atoms with Crippen LogP contribution in [0, 0.1) is 0 Å². The Morgan fingerprint density at radius 1 is 1.50 bits per heavy atom. The maximum absolute atomic E-state index is 11.8. The second kappa shape index (κ2) is 5.71. The summed E-state index contributed by atoms with van der Waals surface area (Å²) in [6, 6.07) is 1.42. The largest absolute Gasteiger partial charge is 0.361 e. The average Bonchev–Trinajstić information content (AvgIpc) is 2.97. The summed E-state index contributed by atoms with van der Waals surface area (Å²) >= 11 is 4.39. The molecule has 0 saturated heterocycles. The molecule has 0 aliphatic rings. The van der Waals surface area contributed by atoms with Crippen molar-refractivity contribution < 1.29 is 14.1 Å². The Hall–Kier alpha value is -1.74. The van der Waals surface area contributed by atoms with Crippen molar-refractivity contribution >= 4 is 44.2 Å². The van der Waals surface area contributed by atoms with E-state index in [2.05, 4.69) is 26.1 Å². The molecule has 2 rings (SSSR count). The van der Waals surface area contributed by atoms with Crippen molar-refractivity contribution in [3.8, 4) is 11.5 Å². The average molecular weight is 359 g/mol. The number of anilines is 1. The molecule has 0 radical (unpaired) electrons. The van der Waals surface area contributed by atoms with Gasteiger partial charge in [-0.1, -0.05) is 5.16 Å². The number of halogens is 1. The van der Waals surface area contributed by atoms with Gasteiger partial charge in [0, 0.05) is 17.5 Å². The standard InChI is InChI=1S/C11H11BrN4O3S/c1-5(2)16(10(18)9(13)17)11-14-6(4-20-11)7-3-8(12)15-19-7/h3-5H,1-2H3,(H2,13,17). The van der Waals surface area contributed by atoms with Crippen molar-refractivity contribution in [1.29, 1.82) is 0 Å². The molecule has 2 N–H and O–H groups in total. The van der Waals surface area contributed by atoms with Crippen molar-refractivity contribution in [3.63, 3.8) is 0 Å². The highest BCUT2D eigenvalue weighted by Gasteiger charge is 2.26. The molecule has 0 saturated carbocycles. The lowest BCUT2D eigenvalue weighted by atomic mass is 10.3. The number of carbonyl (C=O) groups is 2. The van der Waals surface area contributed by atoms with Crippen LogP contribution in [0.1, 0.15) is 13.8 Å². The predicted octanol–water partition coefficient (Wildman–Crippen LogP) is 1.79. The molecule has 2 amide bonds. The van der Waals surface area contributed by atoms with Crippen LogP contribution in [-0.2, 0) is 9.59 Å². The summed E-state index contributed by atoms with van der Waals surface area (Å²) in [6.07, 6.45) is 0. The van der Waals surface area contributed by atoms with Gasteiger partial charge in [0.2, 0.25) is 0 Å². The fourth-order valence-corrected chi connectivity index (χ4v) is 2.75. The van der Waals surface area contributed by atoms with Gasteiger partial charge in [-0.05, 0) is 29.8 Å². The van der Waals surface area contributed by atoms with Crippen molar-refractivity contribution in [3.05, 3.63) is 16.0 Å². The minimum absolute atomic E-state index is 0.240. The number of nitrogens with zero attached hydrogens (tertiary/aromatic N) is 3. The molecular formula is C11H11BrN4O3S. The van der Waals surface area contributed by atoms with E-state index in [1.807, 2.05) is 0 Å². The summed E-state index contributed by atoms with van der Waals surface area (Å²) in [4.78, 5) is 28.4. The van der Waals surface area contributed by atoms with E-state index >= 15 is 0 Å². The molecule has 9 heteroatoms. The quantitative estimate of drug-likeness (QED) is 0.842. The lowest BCUT2D eigenvalue weighted by molar-refractivity contribution is -0.135. The number of carbonyl (C=O) groups excluding carboxylic acids is 2. The van der Waals surface area contributed by atoms with Gasteiger partial charge < -0.3 is 10.3 Å². The Morgan fingerprint density at radius 3 is 2.70 bits per heavy atom. The fraction of sp³-hybridized carbons (Fsp3) is 0.273. The first-order valence-electron chi connectivity index (χ1n) is 5.61. The monoisotopic (exact) mass is 358 g/mol. The van der Waals surface area contributed by atoms with Gasteiger partial charge in [-0.2, -0.15) is 0 Å². The first-order valence-corrected chi connectivity index (χ1v) is 7.28. The third kappa shape index (κ3) is 2.88. The third-order valence-electron chi connectivity index (χ3n) is 2.38. The minimum atomic E-state index is -1.02. The fourth-order valence-electron chi connectivity index (χ4n) is 1.52. The summed E-state index contributed by atoms with van der Waals surface area (Å²) in [7, 11) is 0. The summed E-state index contributed by atoms with van der Waals surface area (Å²) in [5, 5.41) is 5.79. The molecule has 106 valence electrons. The van der Waals surface area contributed by atoms with E-state index in [1.54, 1.807) is 25.3 Å². The van der Waals surface area contributed by atoms with Crippen LogP contribution in [0.15, 0.2) is 20.6 Å². The highest BCUT2D eigenvalue weighted by atomic mass is 79.9. The molecule has 2 heterocycles. The van der Waals surface area contributed by atoms with Gasteiger partial charge in [0.05, 0.1) is 0 Å². The van der Waals surface area contributed by atoms with Gasteiger partial charge in [-0.3, -0.25) is 14.5 Å². The number of amides is 2. The first-order chi connectivity index (χ1) is 9.40. The second-order valence-electron chi connectivity index (χ2n) is 4.16. The number of thiazole rings is 1. The molecule has 0 unspecified atom stereocenters. The van der Waals surface area contributed by atoms with Gasteiger partial charge in [-0.25, -0.2) is 4.98 Å². The van der Waals surface area contributed by atoms with Crippen molar-refractivity contribution in [2.24, 2.45) is 5.73 Å². The van der Waals surface area contributed by atoms with E-state index in [4.69, 9.17) is 10.3 Å². The molecule has 0 bridgehead atoms. The maximum Gasteiger partial charge on any atom is 0.318 e. The lowest BCUT2D eigenvalue weighted by Crippen LogP contribution is -2.44. The van der Waals surface area contributed by atoms with Crippen LogP contribution in [0.4, 0.5) is 5.13 Å². The molecule has 7 nitrogen and oxygen atoms in total. The molecule has 0 atom stereocenters. The topological polar surface area (TPSA) is 102 Å². The molecule has 0 spiro atoms.